The van der Waals surface area contributed by atoms with Crippen LogP contribution in [0, 0.1) is 0 Å². The zero-order valence-electron chi connectivity index (χ0n) is 8.77. The van der Waals surface area contributed by atoms with E-state index in [0.29, 0.717) is 6.42 Å². The van der Waals surface area contributed by atoms with Crippen LogP contribution >= 0.6 is 0 Å². The number of halogens is 3. The first-order chi connectivity index (χ1) is 6.76. The van der Waals surface area contributed by atoms with Gasteiger partial charge in [-0.05, 0) is 20.4 Å². The predicted molar refractivity (Wildman–Crippen MR) is 49.7 cm³/mol. The van der Waals surface area contributed by atoms with Crippen LogP contribution in [0.1, 0.15) is 19.8 Å². The molecular formula is C8H16F3N3O. The summed E-state index contributed by atoms with van der Waals surface area (Å²) in [6.07, 6.45) is -3.74. The molecule has 0 aromatic carbocycles. The Morgan fingerprint density at radius 2 is 2.07 bits per heavy atom. The predicted octanol–water partition coefficient (Wildman–Crippen LogP) is 0.639. The second kappa shape index (κ2) is 5.92. The Balaban J connectivity index is 3.89. The summed E-state index contributed by atoms with van der Waals surface area (Å²) < 4.78 is 36.0. The molecule has 0 aliphatic heterocycles. The number of hydrogen-bond acceptors (Lipinski definition) is 3. The van der Waals surface area contributed by atoms with Gasteiger partial charge in [-0.25, -0.2) is 5.84 Å². The summed E-state index contributed by atoms with van der Waals surface area (Å²) in [6.45, 7) is 0.661. The van der Waals surface area contributed by atoms with Crippen LogP contribution in [0.15, 0.2) is 0 Å². The van der Waals surface area contributed by atoms with Gasteiger partial charge in [0.15, 0.2) is 0 Å². The van der Waals surface area contributed by atoms with Crippen molar-refractivity contribution in [3.05, 3.63) is 0 Å². The average Bonchev–Trinajstić information content (AvgIpc) is 2.10. The van der Waals surface area contributed by atoms with Crippen LogP contribution in [0.2, 0.25) is 0 Å². The van der Waals surface area contributed by atoms with E-state index in [0.717, 1.165) is 4.90 Å². The smallest absolute Gasteiger partial charge is 0.295 e. The second-order valence-electron chi connectivity index (χ2n) is 3.49. The monoisotopic (exact) mass is 227 g/mol. The topological polar surface area (TPSA) is 58.4 Å². The number of amides is 1. The number of hydrazine groups is 1. The fourth-order valence-electron chi connectivity index (χ4n) is 1.07. The lowest BCUT2D eigenvalue weighted by atomic mass is 10.1. The lowest BCUT2D eigenvalue weighted by molar-refractivity contribution is -0.147. The van der Waals surface area contributed by atoms with Gasteiger partial charge in [0, 0.05) is 12.5 Å². The van der Waals surface area contributed by atoms with Crippen LogP contribution in [0.5, 0.6) is 0 Å². The summed E-state index contributed by atoms with van der Waals surface area (Å²) in [5, 5.41) is 0. The van der Waals surface area contributed by atoms with Crippen molar-refractivity contribution in [3.63, 3.8) is 0 Å². The molecule has 0 aromatic rings. The van der Waals surface area contributed by atoms with E-state index in [1.165, 1.54) is 7.05 Å². The van der Waals surface area contributed by atoms with Crippen molar-refractivity contribution in [2.45, 2.75) is 32.0 Å². The molecule has 0 rings (SSSR count). The van der Waals surface area contributed by atoms with E-state index >= 15 is 0 Å². The van der Waals surface area contributed by atoms with Gasteiger partial charge in [0.25, 0.3) is 0 Å². The van der Waals surface area contributed by atoms with Crippen molar-refractivity contribution in [2.24, 2.45) is 5.84 Å². The SMILES string of the molecule is CC(CCC(=O)NN)N(C)CC(F)(F)F. The van der Waals surface area contributed by atoms with Crippen molar-refractivity contribution in [1.29, 1.82) is 0 Å². The molecule has 1 amide bonds. The standard InChI is InChI=1S/C8H16F3N3O/c1-6(3-4-7(15)13-12)14(2)5-8(9,10)11/h6H,3-5,12H2,1-2H3,(H,13,15). The lowest BCUT2D eigenvalue weighted by Gasteiger charge is -2.25. The maximum absolute atomic E-state index is 12.0. The highest BCUT2D eigenvalue weighted by Gasteiger charge is 2.30. The van der Waals surface area contributed by atoms with Crippen LogP contribution in [0.25, 0.3) is 0 Å². The Morgan fingerprint density at radius 3 is 2.47 bits per heavy atom. The number of carbonyl (C=O) groups excluding carboxylic acids is 1. The Morgan fingerprint density at radius 1 is 1.53 bits per heavy atom. The second-order valence-corrected chi connectivity index (χ2v) is 3.49. The minimum atomic E-state index is -4.21. The number of nitrogens with two attached hydrogens (primary N) is 1. The van der Waals surface area contributed by atoms with Crippen LogP contribution < -0.4 is 11.3 Å². The maximum Gasteiger partial charge on any atom is 0.401 e. The zero-order chi connectivity index (χ0) is 12.1. The Labute approximate surface area is 86.6 Å². The fraction of sp³-hybridized carbons (Fsp3) is 0.875. The van der Waals surface area contributed by atoms with Crippen molar-refractivity contribution in [3.8, 4) is 0 Å². The molecule has 0 spiro atoms. The molecular weight excluding hydrogens is 211 g/mol. The van der Waals surface area contributed by atoms with Crippen LogP contribution in [-0.4, -0.2) is 36.6 Å². The largest absolute Gasteiger partial charge is 0.401 e. The molecule has 1 unspecified atom stereocenters. The van der Waals surface area contributed by atoms with Crippen LogP contribution in [0.3, 0.4) is 0 Å². The molecule has 4 nitrogen and oxygen atoms in total. The first kappa shape index (κ1) is 14.2. The normalized spacial score (nSPS) is 14.1. The number of carbonyl (C=O) groups is 1. The molecule has 3 N–H and O–H groups in total. The summed E-state index contributed by atoms with van der Waals surface area (Å²) in [6, 6.07) is -0.316. The number of nitrogens with one attached hydrogen (secondary N) is 1. The fourth-order valence-corrected chi connectivity index (χ4v) is 1.07. The summed E-state index contributed by atoms with van der Waals surface area (Å²) in [4.78, 5) is 11.9. The highest BCUT2D eigenvalue weighted by molar-refractivity contribution is 5.75. The molecule has 0 saturated heterocycles. The lowest BCUT2D eigenvalue weighted by Crippen LogP contribution is -2.38. The summed E-state index contributed by atoms with van der Waals surface area (Å²) in [5.74, 6) is 4.47. The first-order valence-corrected chi connectivity index (χ1v) is 4.52. The van der Waals surface area contributed by atoms with Crippen LogP contribution in [-0.2, 0) is 4.79 Å². The highest BCUT2D eigenvalue weighted by Crippen LogP contribution is 2.17. The average molecular weight is 227 g/mol. The molecule has 0 radical (unpaired) electrons. The molecule has 0 fully saturated rings. The minimum Gasteiger partial charge on any atom is -0.295 e. The number of nitrogens with zero attached hydrogens (tertiary/aromatic N) is 1. The first-order valence-electron chi connectivity index (χ1n) is 4.52. The molecule has 0 bridgehead atoms. The number of rotatable bonds is 5. The van der Waals surface area contributed by atoms with E-state index in [1.807, 2.05) is 5.43 Å². The number of alkyl halides is 3. The van der Waals surface area contributed by atoms with E-state index in [9.17, 15) is 18.0 Å². The molecule has 7 heteroatoms. The molecule has 0 aliphatic rings. The molecule has 1 atom stereocenters. The zero-order valence-corrected chi connectivity index (χ0v) is 8.77. The van der Waals surface area contributed by atoms with Crippen molar-refractivity contribution in [1.82, 2.24) is 10.3 Å². The van der Waals surface area contributed by atoms with E-state index in [1.54, 1.807) is 6.92 Å². The van der Waals surface area contributed by atoms with Gasteiger partial charge in [-0.2, -0.15) is 13.2 Å². The molecule has 90 valence electrons. The highest BCUT2D eigenvalue weighted by atomic mass is 19.4. The van der Waals surface area contributed by atoms with Gasteiger partial charge < -0.3 is 0 Å². The Bertz CT molecular complexity index is 208. The van der Waals surface area contributed by atoms with Crippen molar-refractivity contribution < 1.29 is 18.0 Å². The molecule has 0 saturated carbocycles. The molecule has 0 aliphatic carbocycles. The van der Waals surface area contributed by atoms with Gasteiger partial charge in [-0.3, -0.25) is 15.1 Å². The number of hydrogen-bond donors (Lipinski definition) is 2. The van der Waals surface area contributed by atoms with E-state index in [2.05, 4.69) is 0 Å². The van der Waals surface area contributed by atoms with E-state index in [-0.39, 0.29) is 18.4 Å². The quantitative estimate of drug-likeness (QED) is 0.411. The minimum absolute atomic E-state index is 0.125. The third kappa shape index (κ3) is 7.15. The van der Waals surface area contributed by atoms with Gasteiger partial charge in [0.1, 0.15) is 0 Å². The van der Waals surface area contributed by atoms with Gasteiger partial charge >= 0.3 is 6.18 Å². The van der Waals surface area contributed by atoms with Gasteiger partial charge in [0.05, 0.1) is 6.54 Å². The molecule has 0 aromatic heterocycles. The Kier molecular flexibility index (Phi) is 5.59. The summed E-state index contributed by atoms with van der Waals surface area (Å²) in [5.41, 5.74) is 1.93. The van der Waals surface area contributed by atoms with Gasteiger partial charge in [0.2, 0.25) is 5.91 Å². The maximum atomic E-state index is 12.0. The molecule has 15 heavy (non-hydrogen) atoms. The summed E-state index contributed by atoms with van der Waals surface area (Å²) >= 11 is 0. The van der Waals surface area contributed by atoms with Crippen LogP contribution in [0.4, 0.5) is 13.2 Å². The third-order valence-electron chi connectivity index (χ3n) is 2.13. The Hall–Kier alpha value is -0.820. The molecule has 0 heterocycles. The van der Waals surface area contributed by atoms with Gasteiger partial charge in [-0.15, -0.1) is 0 Å². The van der Waals surface area contributed by atoms with Crippen molar-refractivity contribution >= 4 is 5.91 Å². The van der Waals surface area contributed by atoms with Crippen molar-refractivity contribution in [2.75, 3.05) is 13.6 Å². The summed E-state index contributed by atoms with van der Waals surface area (Å²) in [7, 11) is 1.37. The van der Waals surface area contributed by atoms with Gasteiger partial charge in [-0.1, -0.05) is 0 Å². The van der Waals surface area contributed by atoms with E-state index in [4.69, 9.17) is 5.84 Å². The third-order valence-corrected chi connectivity index (χ3v) is 2.13. The van der Waals surface area contributed by atoms with E-state index < -0.39 is 12.7 Å².